The zero-order valence-corrected chi connectivity index (χ0v) is 13.9. The van der Waals surface area contributed by atoms with Gasteiger partial charge in [-0.1, -0.05) is 13.3 Å². The summed E-state index contributed by atoms with van der Waals surface area (Å²) in [6.07, 6.45) is 3.11. The zero-order valence-electron chi connectivity index (χ0n) is 13.2. The normalized spacial score (nSPS) is 26.0. The highest BCUT2D eigenvalue weighted by Gasteiger charge is 2.42. The average molecular weight is 311 g/mol. The van der Waals surface area contributed by atoms with Crippen molar-refractivity contribution >= 4 is 22.8 Å². The summed E-state index contributed by atoms with van der Waals surface area (Å²) in [4.78, 5) is 4.79. The molecule has 1 aliphatic heterocycles. The van der Waals surface area contributed by atoms with Crippen molar-refractivity contribution < 1.29 is 4.74 Å². The predicted molar refractivity (Wildman–Crippen MR) is 83.7 cm³/mol. The van der Waals surface area contributed by atoms with Crippen molar-refractivity contribution in [3.05, 3.63) is 11.5 Å². The summed E-state index contributed by atoms with van der Waals surface area (Å²) in [5, 5.41) is 4.65. The van der Waals surface area contributed by atoms with Gasteiger partial charge in [0.1, 0.15) is 11.3 Å². The Labute approximate surface area is 130 Å². The molecule has 0 saturated carbocycles. The number of halogens is 1. The van der Waals surface area contributed by atoms with Gasteiger partial charge in [0.2, 0.25) is 0 Å². The summed E-state index contributed by atoms with van der Waals surface area (Å²) in [5.41, 5.74) is 3.01. The van der Waals surface area contributed by atoms with Crippen LogP contribution in [0.2, 0.25) is 0 Å². The predicted octanol–water partition coefficient (Wildman–Crippen LogP) is 2.99. The molecule has 21 heavy (non-hydrogen) atoms. The Hall–Kier alpha value is -1.07. The van der Waals surface area contributed by atoms with E-state index in [1.807, 2.05) is 11.7 Å². The van der Waals surface area contributed by atoms with Gasteiger partial charge in [-0.2, -0.15) is 5.10 Å². The van der Waals surface area contributed by atoms with Crippen molar-refractivity contribution in [2.75, 3.05) is 6.61 Å². The third-order valence-corrected chi connectivity index (χ3v) is 4.98. The first-order valence-electron chi connectivity index (χ1n) is 7.64. The quantitative estimate of drug-likeness (QED) is 0.816. The Balaban J connectivity index is 2.26. The average Bonchev–Trinajstić information content (AvgIpc) is 3.07. The number of nitrogens with zero attached hydrogens (tertiary/aromatic N) is 4. The van der Waals surface area contributed by atoms with Crippen LogP contribution in [0.3, 0.4) is 0 Å². The minimum absolute atomic E-state index is 0.115. The van der Waals surface area contributed by atoms with Gasteiger partial charge in [-0.15, -0.1) is 11.6 Å². The number of aryl methyl sites for hydroxylation is 2. The number of alkyl halides is 1. The van der Waals surface area contributed by atoms with E-state index in [0.29, 0.717) is 5.88 Å². The maximum atomic E-state index is 6.18. The van der Waals surface area contributed by atoms with Gasteiger partial charge in [0.05, 0.1) is 23.2 Å². The van der Waals surface area contributed by atoms with Gasteiger partial charge in [-0.05, 0) is 26.7 Å². The topological polar surface area (TPSA) is 44.9 Å². The van der Waals surface area contributed by atoms with Crippen molar-refractivity contribution in [2.24, 2.45) is 7.05 Å². The molecule has 0 spiro atoms. The largest absolute Gasteiger partial charge is 0.376 e. The van der Waals surface area contributed by atoms with Crippen molar-refractivity contribution in [1.29, 1.82) is 0 Å². The molecule has 3 rings (SSSR count). The molecule has 2 unspecified atom stereocenters. The van der Waals surface area contributed by atoms with E-state index in [4.69, 9.17) is 21.3 Å². The van der Waals surface area contributed by atoms with Crippen molar-refractivity contribution in [3.63, 3.8) is 0 Å². The van der Waals surface area contributed by atoms with E-state index in [2.05, 4.69) is 30.4 Å². The number of aromatic nitrogens is 4. The second-order valence-electron chi connectivity index (χ2n) is 6.11. The molecule has 0 aromatic carbocycles. The van der Waals surface area contributed by atoms with Gasteiger partial charge in [-0.3, -0.25) is 4.68 Å². The van der Waals surface area contributed by atoms with Gasteiger partial charge < -0.3 is 9.30 Å². The van der Waals surface area contributed by atoms with Crippen LogP contribution in [0.15, 0.2) is 0 Å². The fourth-order valence-electron chi connectivity index (χ4n) is 3.37. The van der Waals surface area contributed by atoms with Crippen LogP contribution in [0, 0.1) is 0 Å². The fourth-order valence-corrected chi connectivity index (χ4v) is 3.55. The highest BCUT2D eigenvalue weighted by molar-refractivity contribution is 6.16. The van der Waals surface area contributed by atoms with Gasteiger partial charge in [-0.25, -0.2) is 4.98 Å². The second-order valence-corrected chi connectivity index (χ2v) is 6.38. The van der Waals surface area contributed by atoms with Crippen LogP contribution in [-0.2, 0) is 29.6 Å². The standard InChI is InChI=1S/C15H23ClN4O/c1-5-6-11-13-14(19(4)18-11)20(12(9-16)17-13)15(3)7-8-21-10(15)2/h10H,5-9H2,1-4H3. The molecule has 2 aromatic heterocycles. The summed E-state index contributed by atoms with van der Waals surface area (Å²) in [6, 6.07) is 0. The molecular formula is C15H23ClN4O. The van der Waals surface area contributed by atoms with Crippen LogP contribution >= 0.6 is 11.6 Å². The van der Waals surface area contributed by atoms with Crippen molar-refractivity contribution in [3.8, 4) is 0 Å². The Morgan fingerprint density at radius 1 is 1.48 bits per heavy atom. The molecule has 1 saturated heterocycles. The lowest BCUT2D eigenvalue weighted by molar-refractivity contribution is 0.0762. The maximum Gasteiger partial charge on any atom is 0.159 e. The fraction of sp³-hybridized carbons (Fsp3) is 0.733. The second kappa shape index (κ2) is 5.29. The van der Waals surface area contributed by atoms with Crippen LogP contribution < -0.4 is 0 Å². The van der Waals surface area contributed by atoms with E-state index in [1.54, 1.807) is 0 Å². The molecule has 0 aliphatic carbocycles. The summed E-state index contributed by atoms with van der Waals surface area (Å²) in [6.45, 7) is 7.29. The van der Waals surface area contributed by atoms with Crippen LogP contribution in [-0.4, -0.2) is 32.0 Å². The Bertz CT molecular complexity index is 662. The summed E-state index contributed by atoms with van der Waals surface area (Å²) in [5.74, 6) is 1.32. The van der Waals surface area contributed by atoms with Gasteiger partial charge in [0.15, 0.2) is 5.65 Å². The summed E-state index contributed by atoms with van der Waals surface area (Å²) < 4.78 is 10.0. The van der Waals surface area contributed by atoms with E-state index in [1.165, 1.54) is 0 Å². The molecule has 6 heteroatoms. The lowest BCUT2D eigenvalue weighted by Crippen LogP contribution is -2.38. The number of fused-ring (bicyclic) bond motifs is 1. The van der Waals surface area contributed by atoms with Crippen molar-refractivity contribution in [1.82, 2.24) is 19.3 Å². The minimum Gasteiger partial charge on any atom is -0.376 e. The molecule has 2 atom stereocenters. The zero-order chi connectivity index (χ0) is 15.2. The molecule has 3 heterocycles. The number of rotatable bonds is 4. The number of hydrogen-bond acceptors (Lipinski definition) is 3. The van der Waals surface area contributed by atoms with Crippen LogP contribution in [0.5, 0.6) is 0 Å². The van der Waals surface area contributed by atoms with Crippen LogP contribution in [0.1, 0.15) is 45.1 Å². The molecule has 0 radical (unpaired) electrons. The van der Waals surface area contributed by atoms with Crippen LogP contribution in [0.4, 0.5) is 0 Å². The highest BCUT2D eigenvalue weighted by Crippen LogP contribution is 2.37. The Kier molecular flexibility index (Phi) is 3.74. The van der Waals surface area contributed by atoms with Gasteiger partial charge in [0.25, 0.3) is 0 Å². The highest BCUT2D eigenvalue weighted by atomic mass is 35.5. The first-order chi connectivity index (χ1) is 10.0. The molecule has 116 valence electrons. The third kappa shape index (κ3) is 2.09. The first-order valence-corrected chi connectivity index (χ1v) is 8.17. The van der Waals surface area contributed by atoms with E-state index < -0.39 is 0 Å². The number of imidazole rings is 1. The third-order valence-electron chi connectivity index (χ3n) is 4.74. The van der Waals surface area contributed by atoms with Crippen molar-refractivity contribution in [2.45, 2.75) is 57.6 Å². The number of hydrogen-bond donors (Lipinski definition) is 0. The Morgan fingerprint density at radius 3 is 2.81 bits per heavy atom. The molecular weight excluding hydrogens is 288 g/mol. The molecule has 0 amide bonds. The Morgan fingerprint density at radius 2 is 2.24 bits per heavy atom. The minimum atomic E-state index is -0.115. The summed E-state index contributed by atoms with van der Waals surface area (Å²) in [7, 11) is 1.99. The molecule has 5 nitrogen and oxygen atoms in total. The van der Waals surface area contributed by atoms with E-state index in [-0.39, 0.29) is 11.6 Å². The molecule has 0 N–H and O–H groups in total. The molecule has 2 aromatic rings. The number of ether oxygens (including phenoxy) is 1. The van der Waals surface area contributed by atoms with Gasteiger partial charge >= 0.3 is 0 Å². The van der Waals surface area contributed by atoms with Gasteiger partial charge in [0, 0.05) is 13.7 Å². The molecule has 0 bridgehead atoms. The van der Waals surface area contributed by atoms with E-state index in [0.717, 1.165) is 48.6 Å². The van der Waals surface area contributed by atoms with E-state index in [9.17, 15) is 0 Å². The van der Waals surface area contributed by atoms with E-state index >= 15 is 0 Å². The monoisotopic (exact) mass is 310 g/mol. The smallest absolute Gasteiger partial charge is 0.159 e. The molecule has 1 aliphatic rings. The first kappa shape index (κ1) is 14.9. The lowest BCUT2D eigenvalue weighted by atomic mass is 9.94. The summed E-state index contributed by atoms with van der Waals surface area (Å²) >= 11 is 6.18. The lowest BCUT2D eigenvalue weighted by Gasteiger charge is -2.31. The SMILES string of the molecule is CCCc1nn(C)c2c1nc(CCl)n2C1(C)CCOC1C. The van der Waals surface area contributed by atoms with Crippen LogP contribution in [0.25, 0.3) is 11.2 Å². The maximum absolute atomic E-state index is 6.18. The molecule has 1 fully saturated rings.